The number of carboxylic acid groups (broad SMARTS) is 5. The van der Waals surface area contributed by atoms with Crippen LogP contribution < -0.4 is 0 Å². The molecule has 0 saturated carbocycles. The van der Waals surface area contributed by atoms with Crippen molar-refractivity contribution in [3.05, 3.63) is 0 Å². The van der Waals surface area contributed by atoms with Crippen molar-refractivity contribution >= 4 is 143 Å². The van der Waals surface area contributed by atoms with E-state index in [2.05, 4.69) is 0 Å². The van der Waals surface area contributed by atoms with Crippen LogP contribution in [-0.4, -0.2) is 247 Å². The van der Waals surface area contributed by atoms with Gasteiger partial charge in [-0.25, -0.2) is 14.4 Å². The first-order chi connectivity index (χ1) is 14.3. The normalized spacial score (nSPS) is 13.9. The summed E-state index contributed by atoms with van der Waals surface area (Å²) in [4.78, 5) is 50.0. The SMILES string of the molecule is CC(O)C(=O)O.O=C(O)C(O)C(O)C(O)C(O)CO.O=C(O)CC(O)(CC(=O)O)C(=O)O.[CaH2].[CaH2].[CaH2]. The van der Waals surface area contributed by atoms with Crippen molar-refractivity contribution in [1.82, 2.24) is 0 Å². The van der Waals surface area contributed by atoms with Crippen LogP contribution in [-0.2, 0) is 24.0 Å². The number of aliphatic hydroxyl groups is 7. The van der Waals surface area contributed by atoms with Gasteiger partial charge in [0.15, 0.2) is 11.7 Å². The summed E-state index contributed by atoms with van der Waals surface area (Å²) < 4.78 is 0. The standard InChI is InChI=1S/C6H8O7.C6H12O7.C3H6O3.3Ca.6H/c7-3(8)1-6(13,5(11)12)2-4(9)10;7-1-2(8)3(9)4(10)5(11)6(12)13;1-2(4)3(5)6;;;;;;;;;/h13H,1-2H2,(H,7,8)(H,9,10)(H,11,12);2-5,7-11H,1H2,(H,12,13);2,4H,1H3,(H,5,6);;;;;;;;;. The zero-order valence-corrected chi connectivity index (χ0v) is 16.4. The van der Waals surface area contributed by atoms with Crippen LogP contribution in [0.2, 0.25) is 0 Å². The van der Waals surface area contributed by atoms with Crippen molar-refractivity contribution in [2.45, 2.75) is 55.9 Å². The van der Waals surface area contributed by atoms with E-state index in [1.54, 1.807) is 0 Å². The molecule has 0 aliphatic carbocycles. The van der Waals surface area contributed by atoms with Crippen molar-refractivity contribution < 1.29 is 85.3 Å². The maximum absolute atomic E-state index is 10.3. The minimum absolute atomic E-state index is 0. The van der Waals surface area contributed by atoms with E-state index >= 15 is 0 Å². The second-order valence-corrected chi connectivity index (χ2v) is 6.01. The summed E-state index contributed by atoms with van der Waals surface area (Å²) in [6.45, 7) is 0.354. The topological polar surface area (TPSA) is 328 Å². The molecule has 0 amide bonds. The number of aliphatic carboxylic acids is 5. The Morgan fingerprint density at radius 2 is 1.00 bits per heavy atom. The zero-order chi connectivity index (χ0) is 26.4. The summed E-state index contributed by atoms with van der Waals surface area (Å²) in [5, 5.41) is 101. The molecule has 12 N–H and O–H groups in total. The van der Waals surface area contributed by atoms with E-state index in [0.29, 0.717) is 0 Å². The first-order valence-electron chi connectivity index (χ1n) is 8.20. The third-order valence-electron chi connectivity index (χ3n) is 3.15. The number of hydrogen-bond acceptors (Lipinski definition) is 12. The van der Waals surface area contributed by atoms with Crippen LogP contribution in [0.5, 0.6) is 0 Å². The van der Waals surface area contributed by atoms with Crippen molar-refractivity contribution in [2.75, 3.05) is 6.61 Å². The molecule has 0 saturated heterocycles. The first kappa shape index (κ1) is 48.9. The minimum atomic E-state index is -2.74. The van der Waals surface area contributed by atoms with Gasteiger partial charge in [-0.2, -0.15) is 0 Å². The Morgan fingerprint density at radius 1 is 0.686 bits per heavy atom. The fourth-order valence-corrected chi connectivity index (χ4v) is 1.38. The molecule has 0 aromatic heterocycles. The molecule has 5 atom stereocenters. The molecule has 5 unspecified atom stereocenters. The Hall–Kier alpha value is 0.849. The fraction of sp³-hybridized carbons (Fsp3) is 0.667. The predicted molar refractivity (Wildman–Crippen MR) is 121 cm³/mol. The molecule has 17 nitrogen and oxygen atoms in total. The molecule has 0 aliphatic heterocycles. The molecule has 20 heteroatoms. The molecule has 35 heavy (non-hydrogen) atoms. The van der Waals surface area contributed by atoms with Gasteiger partial charge < -0.3 is 61.3 Å². The molecule has 0 fully saturated rings. The second-order valence-electron chi connectivity index (χ2n) is 6.01. The second kappa shape index (κ2) is 25.1. The number of carboxylic acids is 5. The molecule has 0 heterocycles. The van der Waals surface area contributed by atoms with Crippen molar-refractivity contribution in [2.24, 2.45) is 0 Å². The van der Waals surface area contributed by atoms with Gasteiger partial charge in [0.05, 0.1) is 19.4 Å². The van der Waals surface area contributed by atoms with Crippen LogP contribution >= 0.6 is 0 Å². The molecule has 0 aromatic carbocycles. The van der Waals surface area contributed by atoms with E-state index < -0.39 is 85.4 Å². The van der Waals surface area contributed by atoms with Gasteiger partial charge in [-0.05, 0) is 6.92 Å². The molecule has 0 bridgehead atoms. The average Bonchev–Trinajstić information content (AvgIpc) is 2.64. The number of carbonyl (C=O) groups is 5. The van der Waals surface area contributed by atoms with Crippen LogP contribution in [0.1, 0.15) is 19.8 Å². The first-order valence-corrected chi connectivity index (χ1v) is 8.20. The fourth-order valence-electron chi connectivity index (χ4n) is 1.38. The van der Waals surface area contributed by atoms with E-state index in [0.717, 1.165) is 0 Å². The van der Waals surface area contributed by atoms with E-state index in [1.807, 2.05) is 0 Å². The Bertz CT molecular complexity index is 628. The van der Waals surface area contributed by atoms with Gasteiger partial charge in [0.1, 0.15) is 24.4 Å². The van der Waals surface area contributed by atoms with Gasteiger partial charge in [0.2, 0.25) is 0 Å². The van der Waals surface area contributed by atoms with E-state index in [-0.39, 0.29) is 113 Å². The monoisotopic (exact) mass is 604 g/mol. The van der Waals surface area contributed by atoms with E-state index in [1.165, 1.54) is 6.92 Å². The Morgan fingerprint density at radius 3 is 1.17 bits per heavy atom. The average molecular weight is 605 g/mol. The van der Waals surface area contributed by atoms with Gasteiger partial charge in [-0.15, -0.1) is 0 Å². The van der Waals surface area contributed by atoms with Crippen LogP contribution in [0.25, 0.3) is 0 Å². The van der Waals surface area contributed by atoms with E-state index in [4.69, 9.17) is 61.3 Å². The van der Waals surface area contributed by atoms with E-state index in [9.17, 15) is 24.0 Å². The zero-order valence-electron chi connectivity index (χ0n) is 16.4. The summed E-state index contributed by atoms with van der Waals surface area (Å²) in [6, 6.07) is 0. The van der Waals surface area contributed by atoms with Crippen molar-refractivity contribution in [3.8, 4) is 0 Å². The van der Waals surface area contributed by atoms with Crippen molar-refractivity contribution in [3.63, 3.8) is 0 Å². The molecule has 0 radical (unpaired) electrons. The van der Waals surface area contributed by atoms with Gasteiger partial charge in [0, 0.05) is 0 Å². The number of hydrogen-bond donors (Lipinski definition) is 12. The van der Waals surface area contributed by atoms with Crippen molar-refractivity contribution in [1.29, 1.82) is 0 Å². The van der Waals surface area contributed by atoms with Crippen LogP contribution in [0.3, 0.4) is 0 Å². The van der Waals surface area contributed by atoms with Gasteiger partial charge >= 0.3 is 143 Å². The summed E-state index contributed by atoms with van der Waals surface area (Å²) in [5.74, 6) is -7.93. The summed E-state index contributed by atoms with van der Waals surface area (Å²) in [7, 11) is 0. The number of aliphatic hydroxyl groups excluding tert-OH is 6. The molecule has 0 aromatic rings. The summed E-state index contributed by atoms with van der Waals surface area (Å²) >= 11 is 0. The predicted octanol–water partition coefficient (Wildman–Crippen LogP) is -8.04. The van der Waals surface area contributed by atoms with Gasteiger partial charge in [0.25, 0.3) is 0 Å². The van der Waals surface area contributed by atoms with Crippen LogP contribution in [0.4, 0.5) is 0 Å². The molecule has 0 spiro atoms. The Kier molecular flexibility index (Phi) is 35.1. The molecular formula is C15H32Ca3O17. The third kappa shape index (κ3) is 24.9. The summed E-state index contributed by atoms with van der Waals surface area (Å²) in [6.07, 6.45) is -11.4. The molecule has 0 rings (SSSR count). The Labute approximate surface area is 287 Å². The van der Waals surface area contributed by atoms with Gasteiger partial charge in [-0.3, -0.25) is 9.59 Å². The van der Waals surface area contributed by atoms with Crippen LogP contribution in [0, 0.1) is 0 Å². The summed E-state index contributed by atoms with van der Waals surface area (Å²) in [5.41, 5.74) is -2.74. The van der Waals surface area contributed by atoms with Gasteiger partial charge in [-0.1, -0.05) is 0 Å². The quantitative estimate of drug-likeness (QED) is 0.0974. The van der Waals surface area contributed by atoms with Crippen LogP contribution in [0.15, 0.2) is 0 Å². The Balaban J connectivity index is -0.0000000916. The number of rotatable bonds is 11. The third-order valence-corrected chi connectivity index (χ3v) is 3.15. The molecular weight excluding hydrogens is 572 g/mol. The maximum atomic E-state index is 10.3. The molecule has 0 aliphatic rings. The molecule has 200 valence electrons.